The second-order valence-corrected chi connectivity index (χ2v) is 4.65. The number of rotatable bonds is 4. The van der Waals surface area contributed by atoms with Gasteiger partial charge in [0.2, 0.25) is 11.6 Å². The summed E-state index contributed by atoms with van der Waals surface area (Å²) in [7, 11) is 0. The van der Waals surface area contributed by atoms with Gasteiger partial charge in [0.25, 0.3) is 0 Å². The highest BCUT2D eigenvalue weighted by Gasteiger charge is 2.21. The summed E-state index contributed by atoms with van der Waals surface area (Å²) in [5.74, 6) is -0.982. The van der Waals surface area contributed by atoms with Crippen LogP contribution < -0.4 is 4.74 Å². The minimum Gasteiger partial charge on any atom is -0.476 e. The summed E-state index contributed by atoms with van der Waals surface area (Å²) in [4.78, 5) is 14.9. The van der Waals surface area contributed by atoms with Gasteiger partial charge < -0.3 is 14.3 Å². The highest BCUT2D eigenvalue weighted by Crippen LogP contribution is 2.27. The van der Waals surface area contributed by atoms with Crippen molar-refractivity contribution in [2.45, 2.75) is 6.92 Å². The Morgan fingerprint density at radius 3 is 2.67 bits per heavy atom. The molecule has 0 atom stereocenters. The lowest BCUT2D eigenvalue weighted by molar-refractivity contribution is 0.0683. The molecule has 0 amide bonds. The normalized spacial score (nSPS) is 10.3. The zero-order valence-electron chi connectivity index (χ0n) is 9.51. The highest BCUT2D eigenvalue weighted by molar-refractivity contribution is 14.1. The number of halogens is 1. The van der Waals surface area contributed by atoms with Crippen LogP contribution in [0.25, 0.3) is 11.5 Å². The van der Waals surface area contributed by atoms with E-state index in [9.17, 15) is 4.79 Å². The summed E-state index contributed by atoms with van der Waals surface area (Å²) < 4.78 is 11.5. The number of carboxylic acids is 1. The van der Waals surface area contributed by atoms with E-state index in [1.54, 1.807) is 6.92 Å². The zero-order valence-corrected chi connectivity index (χ0v) is 11.7. The minimum absolute atomic E-state index is 0.0569. The zero-order chi connectivity index (χ0) is 13.1. The van der Waals surface area contributed by atoms with E-state index in [-0.39, 0.29) is 17.5 Å². The summed E-state index contributed by atoms with van der Waals surface area (Å²) in [6.07, 6.45) is 0. The molecular formula is C12H10INO4. The number of aromatic carboxylic acids is 1. The van der Waals surface area contributed by atoms with Crippen LogP contribution in [0, 0.1) is 3.57 Å². The van der Waals surface area contributed by atoms with Crippen LogP contribution in [0.3, 0.4) is 0 Å². The summed E-state index contributed by atoms with van der Waals surface area (Å²) in [6, 6.07) is 7.41. The van der Waals surface area contributed by atoms with Gasteiger partial charge in [-0.15, -0.1) is 0 Å². The van der Waals surface area contributed by atoms with Gasteiger partial charge in [0.15, 0.2) is 0 Å². The number of carboxylic acid groups (broad SMARTS) is 1. The van der Waals surface area contributed by atoms with Crippen molar-refractivity contribution in [1.82, 2.24) is 4.98 Å². The molecule has 1 N–H and O–H groups in total. The number of aromatic nitrogens is 1. The lowest BCUT2D eigenvalue weighted by Crippen LogP contribution is -2.01. The molecule has 2 aromatic rings. The van der Waals surface area contributed by atoms with Crippen molar-refractivity contribution in [3.8, 4) is 17.4 Å². The molecule has 0 spiro atoms. The quantitative estimate of drug-likeness (QED) is 0.850. The van der Waals surface area contributed by atoms with Crippen LogP contribution in [-0.4, -0.2) is 22.7 Å². The lowest BCUT2D eigenvalue weighted by Gasteiger charge is -1.97. The van der Waals surface area contributed by atoms with Crippen LogP contribution in [-0.2, 0) is 0 Å². The van der Waals surface area contributed by atoms with Crippen LogP contribution in [0.5, 0.6) is 5.95 Å². The predicted molar refractivity (Wildman–Crippen MR) is 72.8 cm³/mol. The van der Waals surface area contributed by atoms with Gasteiger partial charge in [0.05, 0.1) is 6.61 Å². The number of hydrogen-bond acceptors (Lipinski definition) is 4. The highest BCUT2D eigenvalue weighted by atomic mass is 127. The maximum atomic E-state index is 11.0. The summed E-state index contributed by atoms with van der Waals surface area (Å²) >= 11 is 2.18. The molecule has 94 valence electrons. The molecular weight excluding hydrogens is 349 g/mol. The number of nitrogens with zero attached hydrogens (tertiary/aromatic N) is 1. The third-order valence-electron chi connectivity index (χ3n) is 2.17. The van der Waals surface area contributed by atoms with Gasteiger partial charge in [-0.05, 0) is 53.8 Å². The molecule has 5 nitrogen and oxygen atoms in total. The van der Waals surface area contributed by atoms with Gasteiger partial charge in [-0.25, -0.2) is 4.79 Å². The molecule has 0 radical (unpaired) electrons. The van der Waals surface area contributed by atoms with Crippen molar-refractivity contribution in [1.29, 1.82) is 0 Å². The third kappa shape index (κ3) is 2.63. The monoisotopic (exact) mass is 359 g/mol. The van der Waals surface area contributed by atoms with Crippen molar-refractivity contribution in [3.63, 3.8) is 0 Å². The van der Waals surface area contributed by atoms with Crippen LogP contribution in [0.4, 0.5) is 0 Å². The molecule has 0 fully saturated rings. The Morgan fingerprint density at radius 1 is 1.44 bits per heavy atom. The van der Waals surface area contributed by atoms with E-state index < -0.39 is 5.97 Å². The number of carbonyl (C=O) groups is 1. The molecule has 0 saturated heterocycles. The van der Waals surface area contributed by atoms with E-state index in [2.05, 4.69) is 27.6 Å². The number of oxazole rings is 1. The standard InChI is InChI=1S/C12H10INO4/c1-2-17-12-9(11(15)16)14-10(18-12)7-3-5-8(13)6-4-7/h3-6H,2H2,1H3,(H,15,16). The SMILES string of the molecule is CCOc1oc(-c2ccc(I)cc2)nc1C(=O)O. The minimum atomic E-state index is -1.17. The van der Waals surface area contributed by atoms with E-state index in [0.717, 1.165) is 3.57 Å². The molecule has 1 aromatic heterocycles. The first-order valence-corrected chi connectivity index (χ1v) is 6.32. The van der Waals surface area contributed by atoms with Gasteiger partial charge >= 0.3 is 11.9 Å². The molecule has 0 unspecified atom stereocenters. The van der Waals surface area contributed by atoms with E-state index in [0.29, 0.717) is 12.2 Å². The fourth-order valence-electron chi connectivity index (χ4n) is 1.39. The second kappa shape index (κ2) is 5.38. The Kier molecular flexibility index (Phi) is 3.85. The Labute approximate surface area is 117 Å². The van der Waals surface area contributed by atoms with Crippen LogP contribution in [0.1, 0.15) is 17.4 Å². The molecule has 2 rings (SSSR count). The third-order valence-corrected chi connectivity index (χ3v) is 2.88. The summed E-state index contributed by atoms with van der Waals surface area (Å²) in [6.45, 7) is 2.07. The van der Waals surface area contributed by atoms with Gasteiger partial charge in [-0.3, -0.25) is 0 Å². The van der Waals surface area contributed by atoms with Crippen LogP contribution in [0.15, 0.2) is 28.7 Å². The van der Waals surface area contributed by atoms with Crippen LogP contribution in [0.2, 0.25) is 0 Å². The number of benzene rings is 1. The first kappa shape index (κ1) is 12.9. The molecule has 0 aliphatic rings. The topological polar surface area (TPSA) is 72.6 Å². The van der Waals surface area contributed by atoms with Gasteiger partial charge in [0, 0.05) is 9.13 Å². The largest absolute Gasteiger partial charge is 0.476 e. The number of hydrogen-bond donors (Lipinski definition) is 1. The van der Waals surface area contributed by atoms with E-state index in [4.69, 9.17) is 14.3 Å². The molecule has 1 heterocycles. The average molecular weight is 359 g/mol. The maximum Gasteiger partial charge on any atom is 0.362 e. The molecule has 1 aromatic carbocycles. The van der Waals surface area contributed by atoms with Crippen molar-refractivity contribution in [2.75, 3.05) is 6.61 Å². The van der Waals surface area contributed by atoms with E-state index >= 15 is 0 Å². The predicted octanol–water partition coefficient (Wildman–Crippen LogP) is 3.04. The second-order valence-electron chi connectivity index (χ2n) is 3.40. The molecule has 6 heteroatoms. The Morgan fingerprint density at radius 2 is 2.11 bits per heavy atom. The molecule has 0 aliphatic carbocycles. The van der Waals surface area contributed by atoms with Crippen molar-refractivity contribution < 1.29 is 19.1 Å². The van der Waals surface area contributed by atoms with E-state index in [1.807, 2.05) is 24.3 Å². The first-order chi connectivity index (χ1) is 8.61. The van der Waals surface area contributed by atoms with Gasteiger partial charge in [0.1, 0.15) is 0 Å². The summed E-state index contributed by atoms with van der Waals surface area (Å²) in [5, 5.41) is 8.99. The molecule has 0 bridgehead atoms. The number of ether oxygens (including phenoxy) is 1. The summed E-state index contributed by atoms with van der Waals surface area (Å²) in [5.41, 5.74) is 0.509. The molecule has 18 heavy (non-hydrogen) atoms. The maximum absolute atomic E-state index is 11.0. The van der Waals surface area contributed by atoms with Gasteiger partial charge in [-0.2, -0.15) is 4.98 Å². The fourth-order valence-corrected chi connectivity index (χ4v) is 1.75. The molecule has 0 aliphatic heterocycles. The van der Waals surface area contributed by atoms with Crippen molar-refractivity contribution >= 4 is 28.6 Å². The van der Waals surface area contributed by atoms with Crippen molar-refractivity contribution in [2.24, 2.45) is 0 Å². The first-order valence-electron chi connectivity index (χ1n) is 5.24. The Balaban J connectivity index is 2.42. The lowest BCUT2D eigenvalue weighted by atomic mass is 10.2. The van der Waals surface area contributed by atoms with E-state index in [1.165, 1.54) is 0 Å². The van der Waals surface area contributed by atoms with Gasteiger partial charge in [-0.1, -0.05) is 0 Å². The average Bonchev–Trinajstić information content (AvgIpc) is 2.75. The smallest absolute Gasteiger partial charge is 0.362 e. The van der Waals surface area contributed by atoms with Crippen molar-refractivity contribution in [3.05, 3.63) is 33.5 Å². The van der Waals surface area contributed by atoms with Crippen LogP contribution >= 0.6 is 22.6 Å². The Bertz CT molecular complexity index is 562. The Hall–Kier alpha value is -1.57. The fraction of sp³-hybridized carbons (Fsp3) is 0.167. The molecule has 0 saturated carbocycles.